The molecule has 1 saturated carbocycles. The molecule has 0 unspecified atom stereocenters. The molecule has 2 N–H and O–H groups in total. The molecule has 0 heterocycles. The summed E-state index contributed by atoms with van der Waals surface area (Å²) in [5.41, 5.74) is 6.87. The van der Waals surface area contributed by atoms with Crippen molar-refractivity contribution >= 4 is 11.6 Å². The van der Waals surface area contributed by atoms with Crippen molar-refractivity contribution in [2.24, 2.45) is 11.1 Å². The number of rotatable bonds is 3. The van der Waals surface area contributed by atoms with Crippen molar-refractivity contribution in [3.8, 4) is 6.07 Å². The van der Waals surface area contributed by atoms with E-state index in [1.807, 2.05) is 6.07 Å². The topological polar surface area (TPSA) is 70.1 Å². The summed E-state index contributed by atoms with van der Waals surface area (Å²) in [7, 11) is 1.78. The molecule has 0 radical (unpaired) electrons. The summed E-state index contributed by atoms with van der Waals surface area (Å²) in [4.78, 5) is 14.6. The van der Waals surface area contributed by atoms with Gasteiger partial charge in [-0.2, -0.15) is 5.26 Å². The number of carbonyl (C=O) groups is 1. The standard InChI is InChI=1S/C17H23N3O/c1-20(15-8-6-7-14(11-15)12-18)16(21)17(13-19)9-4-2-3-5-10-17/h6-8,11H,2-5,9-10,13,19H2,1H3. The number of hydrogen-bond donors (Lipinski definition) is 1. The van der Waals surface area contributed by atoms with Crippen LogP contribution in [0, 0.1) is 16.7 Å². The highest BCUT2D eigenvalue weighted by atomic mass is 16.2. The van der Waals surface area contributed by atoms with E-state index in [0.29, 0.717) is 12.1 Å². The number of nitrogens with zero attached hydrogens (tertiary/aromatic N) is 2. The molecular weight excluding hydrogens is 262 g/mol. The number of anilines is 1. The third kappa shape index (κ3) is 3.25. The van der Waals surface area contributed by atoms with Crippen LogP contribution in [-0.2, 0) is 4.79 Å². The molecule has 112 valence electrons. The lowest BCUT2D eigenvalue weighted by Gasteiger charge is -2.34. The summed E-state index contributed by atoms with van der Waals surface area (Å²) in [5, 5.41) is 8.99. The van der Waals surface area contributed by atoms with Gasteiger partial charge in [0.05, 0.1) is 17.0 Å². The van der Waals surface area contributed by atoms with Crippen LogP contribution in [0.1, 0.15) is 44.1 Å². The first-order chi connectivity index (χ1) is 10.1. The second-order valence-electron chi connectivity index (χ2n) is 5.92. The average molecular weight is 285 g/mol. The van der Waals surface area contributed by atoms with E-state index in [2.05, 4.69) is 6.07 Å². The Balaban J connectivity index is 2.25. The first kappa shape index (κ1) is 15.5. The number of benzene rings is 1. The van der Waals surface area contributed by atoms with E-state index >= 15 is 0 Å². The normalized spacial score (nSPS) is 17.6. The van der Waals surface area contributed by atoms with Gasteiger partial charge in [0.2, 0.25) is 5.91 Å². The predicted octanol–water partition coefficient (Wildman–Crippen LogP) is 2.82. The molecule has 0 saturated heterocycles. The Kier molecular flexibility index (Phi) is 4.98. The van der Waals surface area contributed by atoms with Gasteiger partial charge in [-0.1, -0.05) is 31.7 Å². The molecule has 21 heavy (non-hydrogen) atoms. The molecule has 0 spiro atoms. The van der Waals surface area contributed by atoms with E-state index in [1.54, 1.807) is 30.1 Å². The van der Waals surface area contributed by atoms with Crippen molar-refractivity contribution in [1.82, 2.24) is 0 Å². The lowest BCUT2D eigenvalue weighted by Crippen LogP contribution is -2.46. The minimum Gasteiger partial charge on any atom is -0.329 e. The Labute approximate surface area is 126 Å². The Morgan fingerprint density at radius 3 is 2.57 bits per heavy atom. The third-order valence-electron chi connectivity index (χ3n) is 4.57. The minimum atomic E-state index is -0.437. The van der Waals surface area contributed by atoms with E-state index in [1.165, 1.54) is 12.8 Å². The maximum absolute atomic E-state index is 13.0. The van der Waals surface area contributed by atoms with Gasteiger partial charge in [-0.3, -0.25) is 4.79 Å². The van der Waals surface area contributed by atoms with Gasteiger partial charge in [-0.25, -0.2) is 0 Å². The summed E-state index contributed by atoms with van der Waals surface area (Å²) in [5.74, 6) is 0.0852. The van der Waals surface area contributed by atoms with Gasteiger partial charge in [-0.15, -0.1) is 0 Å². The van der Waals surface area contributed by atoms with Gasteiger partial charge >= 0.3 is 0 Å². The maximum Gasteiger partial charge on any atom is 0.234 e. The van der Waals surface area contributed by atoms with Crippen molar-refractivity contribution in [3.63, 3.8) is 0 Å². The Hall–Kier alpha value is -1.86. The van der Waals surface area contributed by atoms with Crippen molar-refractivity contribution in [3.05, 3.63) is 29.8 Å². The Bertz CT molecular complexity index is 539. The summed E-state index contributed by atoms with van der Waals surface area (Å²) < 4.78 is 0. The molecular formula is C17H23N3O. The van der Waals surface area contributed by atoms with E-state index < -0.39 is 5.41 Å². The van der Waals surface area contributed by atoms with Crippen LogP contribution in [-0.4, -0.2) is 19.5 Å². The first-order valence-corrected chi connectivity index (χ1v) is 7.61. The molecule has 1 aliphatic carbocycles. The van der Waals surface area contributed by atoms with E-state index in [0.717, 1.165) is 31.4 Å². The summed E-state index contributed by atoms with van der Waals surface area (Å²) in [6.45, 7) is 0.397. The number of nitriles is 1. The molecule has 4 nitrogen and oxygen atoms in total. The van der Waals surface area contributed by atoms with Crippen LogP contribution in [0.2, 0.25) is 0 Å². The van der Waals surface area contributed by atoms with E-state index in [4.69, 9.17) is 11.0 Å². The van der Waals surface area contributed by atoms with Gasteiger partial charge in [0, 0.05) is 19.3 Å². The quantitative estimate of drug-likeness (QED) is 0.868. The second-order valence-corrected chi connectivity index (χ2v) is 5.92. The molecule has 1 fully saturated rings. The lowest BCUT2D eigenvalue weighted by atomic mass is 9.79. The van der Waals surface area contributed by atoms with Crippen LogP contribution in [0.3, 0.4) is 0 Å². The van der Waals surface area contributed by atoms with Crippen LogP contribution >= 0.6 is 0 Å². The molecule has 0 aromatic heterocycles. The van der Waals surface area contributed by atoms with Crippen LogP contribution < -0.4 is 10.6 Å². The minimum absolute atomic E-state index is 0.0852. The summed E-state index contributed by atoms with van der Waals surface area (Å²) in [6, 6.07) is 9.27. The molecule has 0 bridgehead atoms. The predicted molar refractivity (Wildman–Crippen MR) is 83.8 cm³/mol. The first-order valence-electron chi connectivity index (χ1n) is 7.61. The summed E-state index contributed by atoms with van der Waals surface area (Å²) in [6.07, 6.45) is 6.23. The van der Waals surface area contributed by atoms with Gasteiger partial charge in [-0.05, 0) is 31.0 Å². The highest BCUT2D eigenvalue weighted by Gasteiger charge is 2.39. The van der Waals surface area contributed by atoms with Crippen molar-refractivity contribution in [2.45, 2.75) is 38.5 Å². The number of hydrogen-bond acceptors (Lipinski definition) is 3. The molecule has 0 aliphatic heterocycles. The van der Waals surface area contributed by atoms with Crippen LogP contribution in [0.25, 0.3) is 0 Å². The van der Waals surface area contributed by atoms with Gasteiger partial charge in [0.25, 0.3) is 0 Å². The number of nitrogens with two attached hydrogens (primary N) is 1. The molecule has 1 amide bonds. The number of amides is 1. The van der Waals surface area contributed by atoms with Gasteiger partial charge in [0.1, 0.15) is 0 Å². The van der Waals surface area contributed by atoms with Gasteiger partial charge in [0.15, 0.2) is 0 Å². The fourth-order valence-electron chi connectivity index (χ4n) is 3.17. The summed E-state index contributed by atoms with van der Waals surface area (Å²) >= 11 is 0. The zero-order chi connectivity index (χ0) is 15.3. The highest BCUT2D eigenvalue weighted by molar-refractivity contribution is 5.97. The fraction of sp³-hybridized carbons (Fsp3) is 0.529. The molecule has 1 aliphatic rings. The molecule has 0 atom stereocenters. The van der Waals surface area contributed by atoms with E-state index in [9.17, 15) is 4.79 Å². The fourth-order valence-corrected chi connectivity index (χ4v) is 3.17. The third-order valence-corrected chi connectivity index (χ3v) is 4.57. The molecule has 2 rings (SSSR count). The SMILES string of the molecule is CN(C(=O)C1(CN)CCCCCC1)c1cccc(C#N)c1. The van der Waals surface area contributed by atoms with Crippen molar-refractivity contribution in [1.29, 1.82) is 5.26 Å². The Morgan fingerprint density at radius 1 is 1.33 bits per heavy atom. The molecule has 4 heteroatoms. The maximum atomic E-state index is 13.0. The molecule has 1 aromatic rings. The van der Waals surface area contributed by atoms with Crippen LogP contribution in [0.15, 0.2) is 24.3 Å². The van der Waals surface area contributed by atoms with Crippen LogP contribution in [0.4, 0.5) is 5.69 Å². The van der Waals surface area contributed by atoms with Crippen LogP contribution in [0.5, 0.6) is 0 Å². The smallest absolute Gasteiger partial charge is 0.234 e. The lowest BCUT2D eigenvalue weighted by molar-refractivity contribution is -0.128. The highest BCUT2D eigenvalue weighted by Crippen LogP contribution is 2.36. The second kappa shape index (κ2) is 6.73. The average Bonchev–Trinajstić information content (AvgIpc) is 2.80. The van der Waals surface area contributed by atoms with Crippen molar-refractivity contribution < 1.29 is 4.79 Å². The van der Waals surface area contributed by atoms with Crippen molar-refractivity contribution in [2.75, 3.05) is 18.5 Å². The number of carbonyl (C=O) groups excluding carboxylic acids is 1. The zero-order valence-electron chi connectivity index (χ0n) is 12.6. The van der Waals surface area contributed by atoms with E-state index in [-0.39, 0.29) is 5.91 Å². The monoisotopic (exact) mass is 285 g/mol. The largest absolute Gasteiger partial charge is 0.329 e. The van der Waals surface area contributed by atoms with Gasteiger partial charge < -0.3 is 10.6 Å². The Morgan fingerprint density at radius 2 is 2.00 bits per heavy atom. The zero-order valence-corrected chi connectivity index (χ0v) is 12.6. The molecule has 1 aromatic carbocycles.